The van der Waals surface area contributed by atoms with Gasteiger partial charge in [-0.1, -0.05) is 23.7 Å². The van der Waals surface area contributed by atoms with Crippen molar-refractivity contribution < 1.29 is 22.8 Å². The summed E-state index contributed by atoms with van der Waals surface area (Å²) in [5.41, 5.74) is 0.948. The van der Waals surface area contributed by atoms with Crippen LogP contribution in [-0.4, -0.2) is 38.5 Å². The van der Waals surface area contributed by atoms with Crippen LogP contribution in [-0.2, 0) is 17.8 Å². The number of hydrogen-bond acceptors (Lipinski definition) is 5. The van der Waals surface area contributed by atoms with E-state index in [9.17, 15) is 22.8 Å². The number of nitrogens with one attached hydrogen (secondary N) is 1. The Labute approximate surface area is 210 Å². The highest BCUT2D eigenvalue weighted by Crippen LogP contribution is 2.34. The van der Waals surface area contributed by atoms with E-state index >= 15 is 0 Å². The Kier molecular flexibility index (Phi) is 6.90. The molecule has 3 heterocycles. The van der Waals surface area contributed by atoms with Crippen molar-refractivity contribution in [1.29, 1.82) is 0 Å². The van der Waals surface area contributed by atoms with Crippen LogP contribution in [0.4, 0.5) is 35.2 Å². The first kappa shape index (κ1) is 25.4. The third kappa shape index (κ3) is 5.59. The van der Waals surface area contributed by atoms with Gasteiger partial charge in [0.15, 0.2) is 0 Å². The summed E-state index contributed by atoms with van der Waals surface area (Å²) in [5.74, 6) is 0.0111. The highest BCUT2D eigenvalue weighted by Gasteiger charge is 2.51. The van der Waals surface area contributed by atoms with Crippen LogP contribution in [0, 0.1) is 0 Å². The summed E-state index contributed by atoms with van der Waals surface area (Å²) in [4.78, 5) is 37.3. The van der Waals surface area contributed by atoms with Gasteiger partial charge >= 0.3 is 12.2 Å². The highest BCUT2D eigenvalue weighted by atomic mass is 35.5. The molecule has 3 aromatic rings. The van der Waals surface area contributed by atoms with Crippen molar-refractivity contribution in [3.05, 3.63) is 77.2 Å². The van der Waals surface area contributed by atoms with Crippen LogP contribution in [0.5, 0.6) is 0 Å². The maximum atomic E-state index is 13.3. The molecule has 0 aliphatic carbocycles. The van der Waals surface area contributed by atoms with Crippen LogP contribution >= 0.6 is 11.6 Å². The number of imide groups is 1. The van der Waals surface area contributed by atoms with Gasteiger partial charge in [0.1, 0.15) is 16.5 Å². The molecular weight excluding hydrogens is 495 g/mol. The molecule has 7 nitrogen and oxygen atoms in total. The number of rotatable bonds is 7. The number of pyridine rings is 2. The van der Waals surface area contributed by atoms with Crippen LogP contribution < -0.4 is 10.2 Å². The topological polar surface area (TPSA) is 78.4 Å². The first-order chi connectivity index (χ1) is 16.9. The summed E-state index contributed by atoms with van der Waals surface area (Å²) in [5, 5.41) is 3.31. The average molecular weight is 518 g/mol. The number of anilines is 3. The number of aryl methyl sites for hydroxylation is 1. The quantitative estimate of drug-likeness (QED) is 0.302. The molecule has 1 fully saturated rings. The van der Waals surface area contributed by atoms with E-state index in [1.165, 1.54) is 29.2 Å². The van der Waals surface area contributed by atoms with Gasteiger partial charge in [0.05, 0.1) is 17.6 Å². The molecule has 1 aromatic carbocycles. The number of aromatic nitrogens is 2. The molecule has 0 bridgehead atoms. The Bertz CT molecular complexity index is 1270. The fourth-order valence-electron chi connectivity index (χ4n) is 3.90. The molecule has 1 aliphatic rings. The molecular formula is C25H23ClF3N5O2. The first-order valence-electron chi connectivity index (χ1n) is 11.1. The summed E-state index contributed by atoms with van der Waals surface area (Å²) in [6.07, 6.45) is -2.11. The maximum absolute atomic E-state index is 13.3. The van der Waals surface area contributed by atoms with E-state index in [-0.39, 0.29) is 18.1 Å². The van der Waals surface area contributed by atoms with Crippen molar-refractivity contribution in [3.8, 4) is 0 Å². The van der Waals surface area contributed by atoms with Gasteiger partial charge < -0.3 is 10.2 Å². The Morgan fingerprint density at radius 2 is 1.78 bits per heavy atom. The molecule has 1 saturated heterocycles. The second kappa shape index (κ2) is 9.77. The Hall–Kier alpha value is -3.66. The zero-order valence-electron chi connectivity index (χ0n) is 19.5. The maximum Gasteiger partial charge on any atom is 0.389 e. The predicted molar refractivity (Wildman–Crippen MR) is 130 cm³/mol. The summed E-state index contributed by atoms with van der Waals surface area (Å²) in [6, 6.07) is 12.3. The zero-order valence-corrected chi connectivity index (χ0v) is 20.3. The van der Waals surface area contributed by atoms with Crippen molar-refractivity contribution in [1.82, 2.24) is 14.9 Å². The van der Waals surface area contributed by atoms with E-state index < -0.39 is 30.1 Å². The van der Waals surface area contributed by atoms with Crippen LogP contribution in [0.3, 0.4) is 0 Å². The number of urea groups is 1. The molecule has 1 aliphatic heterocycles. The molecule has 0 radical (unpaired) electrons. The standard InChI is InChI=1S/C25H23ClF3N5O2/c1-24(2)22(35)34(19-7-5-16(6-8-19)9-10-25(27,28)29)23(36)33(24)15-17-12-20(26)32-21(13-17)31-18-4-3-11-30-14-18/h3-8,11-14H,9-10,15H2,1-2H3,(H,31,32). The molecule has 1 N–H and O–H groups in total. The number of nitrogens with zero attached hydrogens (tertiary/aromatic N) is 4. The third-order valence-corrected chi connectivity index (χ3v) is 6.04. The molecule has 3 amide bonds. The predicted octanol–water partition coefficient (Wildman–Crippen LogP) is 6.12. The normalized spacial score (nSPS) is 15.5. The number of carbonyl (C=O) groups excluding carboxylic acids is 2. The van der Waals surface area contributed by atoms with Crippen molar-refractivity contribution in [2.24, 2.45) is 0 Å². The largest absolute Gasteiger partial charge is 0.389 e. The lowest BCUT2D eigenvalue weighted by molar-refractivity contribution is -0.134. The lowest BCUT2D eigenvalue weighted by atomic mass is 10.0. The average Bonchev–Trinajstić information content (AvgIpc) is 2.97. The van der Waals surface area contributed by atoms with Crippen LogP contribution in [0.2, 0.25) is 5.15 Å². The minimum Gasteiger partial charge on any atom is -0.339 e. The molecule has 2 aromatic heterocycles. The van der Waals surface area contributed by atoms with Crippen molar-refractivity contribution in [2.45, 2.75) is 44.9 Å². The molecule has 188 valence electrons. The molecule has 36 heavy (non-hydrogen) atoms. The Morgan fingerprint density at radius 3 is 2.42 bits per heavy atom. The number of hydrogen-bond donors (Lipinski definition) is 1. The number of alkyl halides is 3. The van der Waals surface area contributed by atoms with Gasteiger partial charge in [-0.2, -0.15) is 13.2 Å². The van der Waals surface area contributed by atoms with Gasteiger partial charge in [0.2, 0.25) is 0 Å². The van der Waals surface area contributed by atoms with Gasteiger partial charge in [-0.3, -0.25) is 9.78 Å². The molecule has 0 atom stereocenters. The van der Waals surface area contributed by atoms with Crippen molar-refractivity contribution in [3.63, 3.8) is 0 Å². The lowest BCUT2D eigenvalue weighted by Crippen LogP contribution is -2.43. The van der Waals surface area contributed by atoms with Crippen molar-refractivity contribution in [2.75, 3.05) is 10.2 Å². The van der Waals surface area contributed by atoms with Gasteiger partial charge in [-0.05, 0) is 67.8 Å². The summed E-state index contributed by atoms with van der Waals surface area (Å²) < 4.78 is 37.5. The lowest BCUT2D eigenvalue weighted by Gasteiger charge is -2.28. The van der Waals surface area contributed by atoms with Crippen LogP contribution in [0.1, 0.15) is 31.4 Å². The second-order valence-electron chi connectivity index (χ2n) is 8.90. The third-order valence-electron chi connectivity index (χ3n) is 5.84. The SMILES string of the molecule is CC1(C)C(=O)N(c2ccc(CCC(F)(F)F)cc2)C(=O)N1Cc1cc(Cl)nc(Nc2cccnc2)c1. The monoisotopic (exact) mass is 517 g/mol. The summed E-state index contributed by atoms with van der Waals surface area (Å²) in [6.45, 7) is 3.37. The first-order valence-corrected chi connectivity index (χ1v) is 11.5. The highest BCUT2D eigenvalue weighted by molar-refractivity contribution is 6.29. The van der Waals surface area contributed by atoms with E-state index in [0.717, 1.165) is 4.90 Å². The van der Waals surface area contributed by atoms with Gasteiger partial charge in [-0.15, -0.1) is 0 Å². The number of amides is 3. The minimum atomic E-state index is -4.26. The second-order valence-corrected chi connectivity index (χ2v) is 9.29. The number of carbonyl (C=O) groups is 2. The summed E-state index contributed by atoms with van der Waals surface area (Å²) in [7, 11) is 0. The number of benzene rings is 1. The molecule has 4 rings (SSSR count). The van der Waals surface area contributed by atoms with Gasteiger partial charge in [-0.25, -0.2) is 14.7 Å². The Balaban J connectivity index is 1.54. The fourth-order valence-corrected chi connectivity index (χ4v) is 4.13. The van der Waals surface area contributed by atoms with E-state index in [1.807, 2.05) is 6.07 Å². The fraction of sp³-hybridized carbons (Fsp3) is 0.280. The van der Waals surface area contributed by atoms with E-state index in [4.69, 9.17) is 11.6 Å². The van der Waals surface area contributed by atoms with Gasteiger partial charge in [0, 0.05) is 19.2 Å². The van der Waals surface area contributed by atoms with Crippen LogP contribution in [0.25, 0.3) is 0 Å². The van der Waals surface area contributed by atoms with E-state index in [0.29, 0.717) is 28.3 Å². The molecule has 0 unspecified atom stereocenters. The number of halogens is 4. The smallest absolute Gasteiger partial charge is 0.339 e. The van der Waals surface area contributed by atoms with E-state index in [2.05, 4.69) is 15.3 Å². The van der Waals surface area contributed by atoms with E-state index in [1.54, 1.807) is 44.4 Å². The zero-order chi connectivity index (χ0) is 26.1. The molecule has 0 saturated carbocycles. The van der Waals surface area contributed by atoms with Crippen molar-refractivity contribution >= 4 is 40.7 Å². The Morgan fingerprint density at radius 1 is 1.06 bits per heavy atom. The van der Waals surface area contributed by atoms with Crippen LogP contribution in [0.15, 0.2) is 60.9 Å². The minimum absolute atomic E-state index is 0.0850. The molecule has 11 heteroatoms. The molecule has 0 spiro atoms. The van der Waals surface area contributed by atoms with Gasteiger partial charge in [0.25, 0.3) is 5.91 Å². The summed E-state index contributed by atoms with van der Waals surface area (Å²) >= 11 is 6.21.